The smallest absolute Gasteiger partial charge is 0.0986 e. The van der Waals surface area contributed by atoms with Crippen molar-refractivity contribution in [3.05, 3.63) is 28.5 Å². The van der Waals surface area contributed by atoms with Crippen molar-refractivity contribution in [2.24, 2.45) is 12.8 Å². The molecule has 0 saturated heterocycles. The minimum Gasteiger partial charge on any atom is -0.360 e. The highest BCUT2D eigenvalue weighted by Gasteiger charge is 2.14. The predicted octanol–water partition coefficient (Wildman–Crippen LogP) is 1.64. The summed E-state index contributed by atoms with van der Waals surface area (Å²) in [6.45, 7) is 0.440. The Labute approximate surface area is 90.2 Å². The third-order valence-electron chi connectivity index (χ3n) is 2.10. The summed E-state index contributed by atoms with van der Waals surface area (Å²) in [6.07, 6.45) is 1.89. The van der Waals surface area contributed by atoms with Crippen molar-refractivity contribution in [2.45, 2.75) is 6.54 Å². The molecule has 0 aliphatic rings. The van der Waals surface area contributed by atoms with E-state index in [1.165, 1.54) is 0 Å². The van der Waals surface area contributed by atoms with Gasteiger partial charge < -0.3 is 10.7 Å². The van der Waals surface area contributed by atoms with Crippen molar-refractivity contribution in [1.29, 1.82) is 0 Å². The van der Waals surface area contributed by atoms with Crippen molar-refractivity contribution >= 4 is 15.9 Å². The molecule has 2 rings (SSSR count). The summed E-state index contributed by atoms with van der Waals surface area (Å²) in [4.78, 5) is 3.14. The lowest BCUT2D eigenvalue weighted by Gasteiger charge is -1.98. The van der Waals surface area contributed by atoms with Crippen LogP contribution in [0.5, 0.6) is 0 Å². The first-order chi connectivity index (χ1) is 6.74. The molecule has 2 heterocycles. The Kier molecular flexibility index (Phi) is 2.43. The van der Waals surface area contributed by atoms with Crippen LogP contribution >= 0.6 is 15.9 Å². The summed E-state index contributed by atoms with van der Waals surface area (Å²) in [5, 5.41) is 4.31. The van der Waals surface area contributed by atoms with E-state index in [0.717, 1.165) is 21.6 Å². The summed E-state index contributed by atoms with van der Waals surface area (Å²) in [5.74, 6) is 0. The zero-order chi connectivity index (χ0) is 10.1. The van der Waals surface area contributed by atoms with Gasteiger partial charge in [0.2, 0.25) is 0 Å². The molecule has 4 nitrogen and oxygen atoms in total. The van der Waals surface area contributed by atoms with Crippen LogP contribution in [-0.4, -0.2) is 14.8 Å². The molecule has 0 spiro atoms. The van der Waals surface area contributed by atoms with Gasteiger partial charge in [0.1, 0.15) is 0 Å². The van der Waals surface area contributed by atoms with E-state index in [0.29, 0.717) is 6.54 Å². The van der Waals surface area contributed by atoms with Gasteiger partial charge in [-0.05, 0) is 28.1 Å². The molecular weight excluding hydrogens is 244 g/mol. The molecule has 3 N–H and O–H groups in total. The van der Waals surface area contributed by atoms with Crippen LogP contribution in [0.1, 0.15) is 5.69 Å². The Hall–Kier alpha value is -1.07. The van der Waals surface area contributed by atoms with Crippen LogP contribution in [0, 0.1) is 0 Å². The van der Waals surface area contributed by atoms with Crippen LogP contribution in [0.25, 0.3) is 11.4 Å². The molecule has 0 bridgehead atoms. The van der Waals surface area contributed by atoms with E-state index in [1.807, 2.05) is 30.1 Å². The van der Waals surface area contributed by atoms with E-state index in [2.05, 4.69) is 26.0 Å². The van der Waals surface area contributed by atoms with Crippen LogP contribution in [0.3, 0.4) is 0 Å². The molecule has 74 valence electrons. The number of aryl methyl sites for hydroxylation is 1. The summed E-state index contributed by atoms with van der Waals surface area (Å²) in [5.41, 5.74) is 8.50. The Bertz CT molecular complexity index is 430. The number of rotatable bonds is 2. The number of H-pyrrole nitrogens is 1. The van der Waals surface area contributed by atoms with Crippen molar-refractivity contribution < 1.29 is 0 Å². The Morgan fingerprint density at radius 1 is 1.64 bits per heavy atom. The summed E-state index contributed by atoms with van der Waals surface area (Å²) < 4.78 is 2.78. The fourth-order valence-corrected chi connectivity index (χ4v) is 2.17. The quantitative estimate of drug-likeness (QED) is 0.856. The van der Waals surface area contributed by atoms with Gasteiger partial charge in [0.25, 0.3) is 0 Å². The van der Waals surface area contributed by atoms with E-state index in [-0.39, 0.29) is 0 Å². The molecular formula is C9H11BrN4. The lowest BCUT2D eigenvalue weighted by Crippen LogP contribution is -1.99. The predicted molar refractivity (Wildman–Crippen MR) is 58.6 cm³/mol. The van der Waals surface area contributed by atoms with Crippen LogP contribution in [0.4, 0.5) is 0 Å². The van der Waals surface area contributed by atoms with Crippen LogP contribution < -0.4 is 5.73 Å². The van der Waals surface area contributed by atoms with Gasteiger partial charge in [-0.1, -0.05) is 0 Å². The third kappa shape index (κ3) is 1.38. The fourth-order valence-electron chi connectivity index (χ4n) is 1.45. The first-order valence-corrected chi connectivity index (χ1v) is 5.08. The molecule has 0 aliphatic heterocycles. The maximum absolute atomic E-state index is 5.57. The first-order valence-electron chi connectivity index (χ1n) is 4.29. The second-order valence-electron chi connectivity index (χ2n) is 3.02. The number of hydrogen-bond donors (Lipinski definition) is 2. The van der Waals surface area contributed by atoms with E-state index < -0.39 is 0 Å². The van der Waals surface area contributed by atoms with Gasteiger partial charge in [0, 0.05) is 19.8 Å². The highest BCUT2D eigenvalue weighted by atomic mass is 79.9. The van der Waals surface area contributed by atoms with Gasteiger partial charge in [-0.15, -0.1) is 0 Å². The average Bonchev–Trinajstić information content (AvgIpc) is 2.74. The third-order valence-corrected chi connectivity index (χ3v) is 2.94. The van der Waals surface area contributed by atoms with Crippen LogP contribution in [0.15, 0.2) is 22.8 Å². The second kappa shape index (κ2) is 3.59. The number of nitrogens with zero attached hydrogens (tertiary/aromatic N) is 2. The Balaban J connectivity index is 2.58. The number of hydrogen-bond acceptors (Lipinski definition) is 2. The minimum absolute atomic E-state index is 0.440. The van der Waals surface area contributed by atoms with Gasteiger partial charge in [-0.25, -0.2) is 0 Å². The van der Waals surface area contributed by atoms with Gasteiger partial charge in [0.05, 0.1) is 21.6 Å². The minimum atomic E-state index is 0.440. The number of halogens is 1. The Morgan fingerprint density at radius 2 is 2.43 bits per heavy atom. The SMILES string of the molecule is Cn1nc(CN)c(Br)c1-c1ccc[nH]1. The molecule has 0 fully saturated rings. The van der Waals surface area contributed by atoms with Crippen molar-refractivity contribution in [1.82, 2.24) is 14.8 Å². The number of nitrogens with two attached hydrogens (primary N) is 1. The van der Waals surface area contributed by atoms with Crippen molar-refractivity contribution in [3.8, 4) is 11.4 Å². The summed E-state index contributed by atoms with van der Waals surface area (Å²) in [6, 6.07) is 3.96. The van der Waals surface area contributed by atoms with E-state index in [9.17, 15) is 0 Å². The normalized spacial score (nSPS) is 10.8. The molecule has 14 heavy (non-hydrogen) atoms. The standard InChI is InChI=1S/C9H11BrN4/c1-14-9(6-3-2-4-12-6)8(10)7(5-11)13-14/h2-4,12H,5,11H2,1H3. The Morgan fingerprint density at radius 3 is 2.93 bits per heavy atom. The van der Waals surface area contributed by atoms with Crippen molar-refractivity contribution in [3.63, 3.8) is 0 Å². The fraction of sp³-hybridized carbons (Fsp3) is 0.222. The molecule has 2 aromatic heterocycles. The molecule has 0 aliphatic carbocycles. The van der Waals surface area contributed by atoms with Gasteiger partial charge >= 0.3 is 0 Å². The molecule has 0 radical (unpaired) electrons. The molecule has 0 aromatic carbocycles. The molecule has 0 unspecified atom stereocenters. The van der Waals surface area contributed by atoms with Gasteiger partial charge in [-0.3, -0.25) is 4.68 Å². The topological polar surface area (TPSA) is 59.6 Å². The molecule has 2 aromatic rings. The first kappa shape index (κ1) is 9.48. The zero-order valence-corrected chi connectivity index (χ0v) is 9.37. The molecule has 0 atom stereocenters. The van der Waals surface area contributed by atoms with Gasteiger partial charge in [-0.2, -0.15) is 5.10 Å². The van der Waals surface area contributed by atoms with Crippen LogP contribution in [0.2, 0.25) is 0 Å². The molecule has 5 heteroatoms. The highest BCUT2D eigenvalue weighted by molar-refractivity contribution is 9.10. The lowest BCUT2D eigenvalue weighted by molar-refractivity contribution is 0.748. The molecule has 0 amide bonds. The van der Waals surface area contributed by atoms with E-state index in [4.69, 9.17) is 5.73 Å². The molecule has 0 saturated carbocycles. The van der Waals surface area contributed by atoms with E-state index in [1.54, 1.807) is 0 Å². The van der Waals surface area contributed by atoms with Gasteiger partial charge in [0.15, 0.2) is 0 Å². The van der Waals surface area contributed by atoms with Crippen LogP contribution in [-0.2, 0) is 13.6 Å². The largest absolute Gasteiger partial charge is 0.360 e. The average molecular weight is 255 g/mol. The van der Waals surface area contributed by atoms with E-state index >= 15 is 0 Å². The number of aromatic nitrogens is 3. The zero-order valence-electron chi connectivity index (χ0n) is 7.79. The monoisotopic (exact) mass is 254 g/mol. The number of aromatic amines is 1. The summed E-state index contributed by atoms with van der Waals surface area (Å²) >= 11 is 3.50. The second-order valence-corrected chi connectivity index (χ2v) is 3.81. The lowest BCUT2D eigenvalue weighted by atomic mass is 10.3. The maximum atomic E-state index is 5.57. The highest BCUT2D eigenvalue weighted by Crippen LogP contribution is 2.29. The maximum Gasteiger partial charge on any atom is 0.0986 e. The van der Waals surface area contributed by atoms with Crippen molar-refractivity contribution in [2.75, 3.05) is 0 Å². The summed E-state index contributed by atoms with van der Waals surface area (Å²) in [7, 11) is 1.90. The number of nitrogens with one attached hydrogen (secondary N) is 1.